The Labute approximate surface area is 110 Å². The van der Waals surface area contributed by atoms with Gasteiger partial charge in [-0.3, -0.25) is 0 Å². The van der Waals surface area contributed by atoms with Crippen molar-refractivity contribution in [3.63, 3.8) is 0 Å². The summed E-state index contributed by atoms with van der Waals surface area (Å²) in [6.07, 6.45) is 6.88. The smallest absolute Gasteiger partial charge is 0.126 e. The highest BCUT2D eigenvalue weighted by molar-refractivity contribution is 5.23. The quantitative estimate of drug-likeness (QED) is 0.843. The number of benzene rings is 1. The van der Waals surface area contributed by atoms with Crippen LogP contribution in [0, 0.1) is 18.7 Å². The zero-order chi connectivity index (χ0) is 13.0. The van der Waals surface area contributed by atoms with Crippen LogP contribution in [0.4, 0.5) is 4.39 Å². The van der Waals surface area contributed by atoms with Gasteiger partial charge in [0, 0.05) is 12.6 Å². The third-order valence-corrected chi connectivity index (χ3v) is 4.21. The second kappa shape index (κ2) is 6.33. The van der Waals surface area contributed by atoms with Gasteiger partial charge in [-0.2, -0.15) is 0 Å². The van der Waals surface area contributed by atoms with Gasteiger partial charge < -0.3 is 5.32 Å². The summed E-state index contributed by atoms with van der Waals surface area (Å²) >= 11 is 0. The van der Waals surface area contributed by atoms with E-state index in [1.165, 1.54) is 37.7 Å². The fourth-order valence-electron chi connectivity index (χ4n) is 2.90. The van der Waals surface area contributed by atoms with E-state index >= 15 is 0 Å². The van der Waals surface area contributed by atoms with Crippen LogP contribution >= 0.6 is 0 Å². The third-order valence-electron chi connectivity index (χ3n) is 4.21. The molecular formula is C16H24FN. The van der Waals surface area contributed by atoms with E-state index in [1.807, 2.05) is 19.1 Å². The lowest BCUT2D eigenvalue weighted by Gasteiger charge is -2.28. The highest BCUT2D eigenvalue weighted by Crippen LogP contribution is 2.26. The largest absolute Gasteiger partial charge is 0.310 e. The molecule has 0 radical (unpaired) electrons. The number of aryl methyl sites for hydroxylation is 1. The van der Waals surface area contributed by atoms with Gasteiger partial charge >= 0.3 is 0 Å². The standard InChI is InChI=1S/C16H24FN/c1-12-10-14(8-9-16(12)17)11-18-13(2)15-6-4-3-5-7-15/h8-10,13,15,18H,3-7,11H2,1-2H3. The van der Waals surface area contributed by atoms with E-state index in [-0.39, 0.29) is 5.82 Å². The van der Waals surface area contributed by atoms with Crippen LogP contribution in [0.1, 0.15) is 50.2 Å². The molecule has 1 fully saturated rings. The van der Waals surface area contributed by atoms with Crippen molar-refractivity contribution in [3.8, 4) is 0 Å². The van der Waals surface area contributed by atoms with E-state index in [9.17, 15) is 4.39 Å². The van der Waals surface area contributed by atoms with Crippen LogP contribution in [-0.2, 0) is 6.54 Å². The molecular weight excluding hydrogens is 225 g/mol. The zero-order valence-corrected chi connectivity index (χ0v) is 11.5. The van der Waals surface area contributed by atoms with Crippen molar-refractivity contribution in [2.75, 3.05) is 0 Å². The number of rotatable bonds is 4. The van der Waals surface area contributed by atoms with Crippen LogP contribution in [0.3, 0.4) is 0 Å². The van der Waals surface area contributed by atoms with Gasteiger partial charge in [-0.05, 0) is 49.8 Å². The highest BCUT2D eigenvalue weighted by atomic mass is 19.1. The predicted octanol–water partition coefficient (Wildman–Crippen LogP) is 4.19. The minimum absolute atomic E-state index is 0.112. The minimum Gasteiger partial charge on any atom is -0.310 e. The van der Waals surface area contributed by atoms with Gasteiger partial charge in [0.25, 0.3) is 0 Å². The van der Waals surface area contributed by atoms with Crippen LogP contribution in [0.5, 0.6) is 0 Å². The van der Waals surface area contributed by atoms with E-state index in [4.69, 9.17) is 0 Å². The molecule has 1 N–H and O–H groups in total. The Bertz CT molecular complexity index is 383. The first-order valence-corrected chi connectivity index (χ1v) is 7.15. The van der Waals surface area contributed by atoms with Crippen LogP contribution in [0.2, 0.25) is 0 Å². The molecule has 100 valence electrons. The van der Waals surface area contributed by atoms with Gasteiger partial charge in [0.1, 0.15) is 5.82 Å². The fraction of sp³-hybridized carbons (Fsp3) is 0.625. The van der Waals surface area contributed by atoms with Gasteiger partial charge in [0.15, 0.2) is 0 Å². The third kappa shape index (κ3) is 3.55. The molecule has 1 saturated carbocycles. The molecule has 1 aliphatic rings. The van der Waals surface area contributed by atoms with Crippen LogP contribution in [0.15, 0.2) is 18.2 Å². The van der Waals surface area contributed by atoms with E-state index in [2.05, 4.69) is 12.2 Å². The maximum atomic E-state index is 13.2. The SMILES string of the molecule is Cc1cc(CNC(C)C2CCCCC2)ccc1F. The zero-order valence-electron chi connectivity index (χ0n) is 11.5. The molecule has 0 saturated heterocycles. The average molecular weight is 249 g/mol. The van der Waals surface area contributed by atoms with E-state index in [1.54, 1.807) is 6.07 Å². The first kappa shape index (κ1) is 13.5. The summed E-state index contributed by atoms with van der Waals surface area (Å²) in [5.41, 5.74) is 1.91. The Hall–Kier alpha value is -0.890. The van der Waals surface area contributed by atoms with Gasteiger partial charge in [-0.1, -0.05) is 31.4 Å². The lowest BCUT2D eigenvalue weighted by atomic mass is 9.84. The summed E-state index contributed by atoms with van der Waals surface area (Å²) in [6.45, 7) is 4.95. The lowest BCUT2D eigenvalue weighted by Crippen LogP contribution is -2.34. The van der Waals surface area contributed by atoms with Gasteiger partial charge in [0.2, 0.25) is 0 Å². The Kier molecular flexibility index (Phi) is 4.76. The summed E-state index contributed by atoms with van der Waals surface area (Å²) in [4.78, 5) is 0. The number of hydrogen-bond donors (Lipinski definition) is 1. The second-order valence-electron chi connectivity index (χ2n) is 5.65. The molecule has 1 aromatic carbocycles. The van der Waals surface area contributed by atoms with Crippen molar-refractivity contribution >= 4 is 0 Å². The predicted molar refractivity (Wildman–Crippen MR) is 74.0 cm³/mol. The van der Waals surface area contributed by atoms with Crippen molar-refractivity contribution in [1.29, 1.82) is 0 Å². The Balaban J connectivity index is 1.84. The molecule has 0 aliphatic heterocycles. The maximum Gasteiger partial charge on any atom is 0.126 e. The molecule has 1 atom stereocenters. The van der Waals surface area contributed by atoms with Crippen molar-refractivity contribution in [2.24, 2.45) is 5.92 Å². The fourth-order valence-corrected chi connectivity index (χ4v) is 2.90. The summed E-state index contributed by atoms with van der Waals surface area (Å²) in [7, 11) is 0. The molecule has 1 aliphatic carbocycles. The molecule has 2 heteroatoms. The molecule has 1 nitrogen and oxygen atoms in total. The van der Waals surface area contributed by atoms with E-state index in [0.717, 1.165) is 18.0 Å². The topological polar surface area (TPSA) is 12.0 Å². The monoisotopic (exact) mass is 249 g/mol. The highest BCUT2D eigenvalue weighted by Gasteiger charge is 2.19. The molecule has 18 heavy (non-hydrogen) atoms. The van der Waals surface area contributed by atoms with Crippen molar-refractivity contribution in [1.82, 2.24) is 5.32 Å². The van der Waals surface area contributed by atoms with E-state index < -0.39 is 0 Å². The summed E-state index contributed by atoms with van der Waals surface area (Å²) in [6, 6.07) is 5.95. The molecule has 0 spiro atoms. The molecule has 1 aromatic rings. The number of halogens is 1. The molecule has 0 aromatic heterocycles. The lowest BCUT2D eigenvalue weighted by molar-refractivity contribution is 0.280. The van der Waals surface area contributed by atoms with Crippen LogP contribution < -0.4 is 5.32 Å². The Morgan fingerprint density at radius 2 is 2.00 bits per heavy atom. The molecule has 1 unspecified atom stereocenters. The summed E-state index contributed by atoms with van der Waals surface area (Å²) in [5.74, 6) is 0.708. The average Bonchev–Trinajstić information content (AvgIpc) is 2.41. The summed E-state index contributed by atoms with van der Waals surface area (Å²) < 4.78 is 13.2. The molecule has 0 heterocycles. The molecule has 0 amide bonds. The second-order valence-corrected chi connectivity index (χ2v) is 5.65. The van der Waals surface area contributed by atoms with Crippen molar-refractivity contribution in [2.45, 2.75) is 58.5 Å². The first-order valence-electron chi connectivity index (χ1n) is 7.15. The normalized spacial score (nSPS) is 18.8. The van der Waals surface area contributed by atoms with Crippen molar-refractivity contribution in [3.05, 3.63) is 35.1 Å². The van der Waals surface area contributed by atoms with Crippen molar-refractivity contribution < 1.29 is 4.39 Å². The molecule has 0 bridgehead atoms. The van der Waals surface area contributed by atoms with Crippen LogP contribution in [0.25, 0.3) is 0 Å². The maximum absolute atomic E-state index is 13.2. The number of hydrogen-bond acceptors (Lipinski definition) is 1. The van der Waals surface area contributed by atoms with Gasteiger partial charge in [0.05, 0.1) is 0 Å². The summed E-state index contributed by atoms with van der Waals surface area (Å²) in [5, 5.41) is 3.59. The molecule has 2 rings (SSSR count). The van der Waals surface area contributed by atoms with Gasteiger partial charge in [-0.25, -0.2) is 4.39 Å². The van der Waals surface area contributed by atoms with Crippen LogP contribution in [-0.4, -0.2) is 6.04 Å². The Morgan fingerprint density at radius 1 is 1.28 bits per heavy atom. The van der Waals surface area contributed by atoms with Gasteiger partial charge in [-0.15, -0.1) is 0 Å². The number of nitrogens with one attached hydrogen (secondary N) is 1. The minimum atomic E-state index is -0.112. The Morgan fingerprint density at radius 3 is 2.67 bits per heavy atom. The van der Waals surface area contributed by atoms with E-state index in [0.29, 0.717) is 6.04 Å². The first-order chi connectivity index (χ1) is 8.66.